The van der Waals surface area contributed by atoms with Crippen LogP contribution in [-0.2, 0) is 11.3 Å². The maximum Gasteiger partial charge on any atom is 0.244 e. The number of amides is 1. The van der Waals surface area contributed by atoms with Gasteiger partial charge in [0.05, 0.1) is 0 Å². The van der Waals surface area contributed by atoms with Crippen LogP contribution in [0.15, 0.2) is 97.1 Å². The maximum atomic E-state index is 12.6. The lowest BCUT2D eigenvalue weighted by molar-refractivity contribution is -0.116. The zero-order valence-corrected chi connectivity index (χ0v) is 19.0. The van der Waals surface area contributed by atoms with Gasteiger partial charge >= 0.3 is 0 Å². The van der Waals surface area contributed by atoms with Gasteiger partial charge in [-0.2, -0.15) is 0 Å². The predicted molar refractivity (Wildman–Crippen MR) is 134 cm³/mol. The smallest absolute Gasteiger partial charge is 0.244 e. The van der Waals surface area contributed by atoms with E-state index in [-0.39, 0.29) is 5.91 Å². The van der Waals surface area contributed by atoms with Crippen molar-refractivity contribution in [3.05, 3.63) is 114 Å². The zero-order valence-electron chi connectivity index (χ0n) is 19.0. The highest BCUT2D eigenvalue weighted by Crippen LogP contribution is 2.22. The molecule has 0 fully saturated rings. The SMILES string of the molecule is CCN(CCCCCNC(=O)C=C(c1ccccc1)c1ccccc1)Cc1ccccc1. The molecule has 0 aliphatic rings. The van der Waals surface area contributed by atoms with Crippen molar-refractivity contribution in [2.24, 2.45) is 0 Å². The maximum absolute atomic E-state index is 12.6. The minimum Gasteiger partial charge on any atom is -0.353 e. The molecule has 0 radical (unpaired) electrons. The fraction of sp³-hybridized carbons (Fsp3) is 0.276. The fourth-order valence-electron chi connectivity index (χ4n) is 3.79. The number of hydrogen-bond acceptors (Lipinski definition) is 2. The summed E-state index contributed by atoms with van der Waals surface area (Å²) in [6, 6.07) is 30.8. The number of nitrogens with one attached hydrogen (secondary N) is 1. The van der Waals surface area contributed by atoms with Crippen molar-refractivity contribution in [2.75, 3.05) is 19.6 Å². The van der Waals surface area contributed by atoms with Crippen LogP contribution < -0.4 is 5.32 Å². The Kier molecular flexibility index (Phi) is 9.75. The molecule has 0 aromatic heterocycles. The Labute approximate surface area is 192 Å². The summed E-state index contributed by atoms with van der Waals surface area (Å²) >= 11 is 0. The summed E-state index contributed by atoms with van der Waals surface area (Å²) in [6.07, 6.45) is 4.98. The molecule has 1 N–H and O–H groups in total. The van der Waals surface area contributed by atoms with Gasteiger partial charge in [-0.25, -0.2) is 0 Å². The highest BCUT2D eigenvalue weighted by Gasteiger charge is 2.08. The molecule has 0 saturated heterocycles. The number of rotatable bonds is 12. The van der Waals surface area contributed by atoms with Gasteiger partial charge in [0.25, 0.3) is 0 Å². The summed E-state index contributed by atoms with van der Waals surface area (Å²) in [7, 11) is 0. The third-order valence-electron chi connectivity index (χ3n) is 5.59. The van der Waals surface area contributed by atoms with Crippen molar-refractivity contribution in [1.29, 1.82) is 0 Å². The summed E-state index contributed by atoms with van der Waals surface area (Å²) < 4.78 is 0. The fourth-order valence-corrected chi connectivity index (χ4v) is 3.79. The van der Waals surface area contributed by atoms with Gasteiger partial charge in [-0.1, -0.05) is 104 Å². The van der Waals surface area contributed by atoms with Crippen LogP contribution in [0.3, 0.4) is 0 Å². The molecule has 1 amide bonds. The molecule has 32 heavy (non-hydrogen) atoms. The average Bonchev–Trinajstić information content (AvgIpc) is 2.85. The molecule has 0 spiro atoms. The van der Waals surface area contributed by atoms with Gasteiger partial charge in [-0.05, 0) is 48.2 Å². The quantitative estimate of drug-likeness (QED) is 0.288. The van der Waals surface area contributed by atoms with E-state index in [4.69, 9.17) is 0 Å². The molecular weight excluding hydrogens is 392 g/mol. The van der Waals surface area contributed by atoms with Crippen molar-refractivity contribution in [1.82, 2.24) is 10.2 Å². The lowest BCUT2D eigenvalue weighted by atomic mass is 9.97. The largest absolute Gasteiger partial charge is 0.353 e. The van der Waals surface area contributed by atoms with Crippen LogP contribution >= 0.6 is 0 Å². The molecule has 3 rings (SSSR count). The Morgan fingerprint density at radius 2 is 1.34 bits per heavy atom. The summed E-state index contributed by atoms with van der Waals surface area (Å²) in [6.45, 7) is 6.06. The van der Waals surface area contributed by atoms with Crippen LogP contribution in [-0.4, -0.2) is 30.4 Å². The molecule has 3 aromatic rings. The molecule has 0 heterocycles. The highest BCUT2D eigenvalue weighted by molar-refractivity contribution is 5.99. The second kappa shape index (κ2) is 13.3. The number of benzene rings is 3. The van der Waals surface area contributed by atoms with Gasteiger partial charge in [0.1, 0.15) is 0 Å². The second-order valence-corrected chi connectivity index (χ2v) is 8.00. The van der Waals surface area contributed by atoms with Crippen molar-refractivity contribution >= 4 is 11.5 Å². The molecule has 0 aliphatic carbocycles. The first-order valence-corrected chi connectivity index (χ1v) is 11.6. The summed E-state index contributed by atoms with van der Waals surface area (Å²) in [5.41, 5.74) is 4.41. The van der Waals surface area contributed by atoms with Crippen LogP contribution in [0.5, 0.6) is 0 Å². The highest BCUT2D eigenvalue weighted by atomic mass is 16.1. The van der Waals surface area contributed by atoms with Crippen LogP contribution in [0.1, 0.15) is 42.9 Å². The van der Waals surface area contributed by atoms with E-state index in [9.17, 15) is 4.79 Å². The van der Waals surface area contributed by atoms with Crippen molar-refractivity contribution in [3.63, 3.8) is 0 Å². The van der Waals surface area contributed by atoms with Gasteiger partial charge in [0.15, 0.2) is 0 Å². The van der Waals surface area contributed by atoms with Crippen molar-refractivity contribution in [2.45, 2.75) is 32.7 Å². The summed E-state index contributed by atoms with van der Waals surface area (Å²) in [5, 5.41) is 3.07. The molecule has 0 atom stereocenters. The Morgan fingerprint density at radius 3 is 1.91 bits per heavy atom. The number of nitrogens with zero attached hydrogens (tertiary/aromatic N) is 1. The first-order chi connectivity index (χ1) is 15.8. The van der Waals surface area contributed by atoms with Gasteiger partial charge in [-0.3, -0.25) is 9.69 Å². The van der Waals surface area contributed by atoms with E-state index in [1.807, 2.05) is 60.7 Å². The van der Waals surface area contributed by atoms with Gasteiger partial charge in [-0.15, -0.1) is 0 Å². The molecule has 0 bridgehead atoms. The van der Waals surface area contributed by atoms with Gasteiger partial charge in [0, 0.05) is 19.2 Å². The van der Waals surface area contributed by atoms with Crippen molar-refractivity contribution < 1.29 is 4.79 Å². The molecule has 0 unspecified atom stereocenters. The van der Waals surface area contributed by atoms with Crippen LogP contribution in [0, 0.1) is 0 Å². The predicted octanol–water partition coefficient (Wildman–Crippen LogP) is 5.93. The summed E-state index contributed by atoms with van der Waals surface area (Å²) in [5.74, 6) is -0.0352. The molecule has 3 aromatic carbocycles. The average molecular weight is 427 g/mol. The third-order valence-corrected chi connectivity index (χ3v) is 5.59. The van der Waals surface area contributed by atoms with Gasteiger partial charge in [0.2, 0.25) is 5.91 Å². The first kappa shape index (κ1) is 23.5. The van der Waals surface area contributed by atoms with E-state index in [2.05, 4.69) is 47.5 Å². The molecule has 166 valence electrons. The number of unbranched alkanes of at least 4 members (excludes halogenated alkanes) is 2. The Balaban J connectivity index is 1.44. The number of carbonyl (C=O) groups is 1. The van der Waals surface area contributed by atoms with E-state index in [0.29, 0.717) is 6.54 Å². The lowest BCUT2D eigenvalue weighted by Crippen LogP contribution is -2.25. The normalized spacial score (nSPS) is 10.7. The minimum atomic E-state index is -0.0352. The zero-order chi connectivity index (χ0) is 22.4. The van der Waals surface area contributed by atoms with E-state index in [0.717, 1.165) is 55.6 Å². The molecule has 0 aliphatic heterocycles. The Morgan fingerprint density at radius 1 is 0.781 bits per heavy atom. The Bertz CT molecular complexity index is 911. The second-order valence-electron chi connectivity index (χ2n) is 8.00. The standard InChI is InChI=1S/C29H34N2O/c1-2-31(24-25-15-7-3-8-16-25)22-14-6-13-21-30-29(32)23-28(26-17-9-4-10-18-26)27-19-11-5-12-20-27/h3-5,7-12,15-20,23H,2,6,13-14,21-22,24H2,1H3,(H,30,32). The lowest BCUT2D eigenvalue weighted by Gasteiger charge is -2.20. The Hall–Kier alpha value is -3.17. The molecule has 0 saturated carbocycles. The topological polar surface area (TPSA) is 32.3 Å². The monoisotopic (exact) mass is 426 g/mol. The van der Waals surface area contributed by atoms with Crippen molar-refractivity contribution in [3.8, 4) is 0 Å². The molecule has 3 nitrogen and oxygen atoms in total. The first-order valence-electron chi connectivity index (χ1n) is 11.6. The molecule has 3 heteroatoms. The van der Waals surface area contributed by atoms with E-state index in [1.54, 1.807) is 6.08 Å². The van der Waals surface area contributed by atoms with Crippen LogP contribution in [0.4, 0.5) is 0 Å². The van der Waals surface area contributed by atoms with E-state index in [1.165, 1.54) is 5.56 Å². The van der Waals surface area contributed by atoms with E-state index < -0.39 is 0 Å². The van der Waals surface area contributed by atoms with Gasteiger partial charge < -0.3 is 5.32 Å². The van der Waals surface area contributed by atoms with Crippen LogP contribution in [0.2, 0.25) is 0 Å². The minimum absolute atomic E-state index is 0.0352. The molecular formula is C29H34N2O. The third kappa shape index (κ3) is 7.82. The summed E-state index contributed by atoms with van der Waals surface area (Å²) in [4.78, 5) is 15.1. The number of hydrogen-bond donors (Lipinski definition) is 1. The number of carbonyl (C=O) groups excluding carboxylic acids is 1. The van der Waals surface area contributed by atoms with Crippen LogP contribution in [0.25, 0.3) is 5.57 Å². The van der Waals surface area contributed by atoms with E-state index >= 15 is 0 Å².